The van der Waals surface area contributed by atoms with Crippen molar-refractivity contribution in [3.63, 3.8) is 0 Å². The van der Waals surface area contributed by atoms with Crippen LogP contribution in [0.2, 0.25) is 0 Å². The summed E-state index contributed by atoms with van der Waals surface area (Å²) in [5.74, 6) is 0.833. The summed E-state index contributed by atoms with van der Waals surface area (Å²) in [6, 6.07) is 19.7. The van der Waals surface area contributed by atoms with Gasteiger partial charge in [0.1, 0.15) is 0 Å². The number of sulfonamides is 1. The van der Waals surface area contributed by atoms with Gasteiger partial charge in [-0.2, -0.15) is 4.31 Å². The molecule has 7 heteroatoms. The molecule has 0 aromatic heterocycles. The van der Waals surface area contributed by atoms with Crippen molar-refractivity contribution in [1.82, 2.24) is 14.1 Å². The first-order valence-corrected chi connectivity index (χ1v) is 13.6. The number of benzene rings is 2. The summed E-state index contributed by atoms with van der Waals surface area (Å²) in [6.07, 6.45) is 3.16. The Morgan fingerprint density at radius 1 is 0.848 bits per heavy atom. The number of carbonyl (C=O) groups is 1. The summed E-state index contributed by atoms with van der Waals surface area (Å²) in [7, 11) is -3.35. The van der Waals surface area contributed by atoms with Gasteiger partial charge in [0.2, 0.25) is 15.9 Å². The maximum Gasteiger partial charge on any atom is 0.239 e. The number of rotatable bonds is 7. The SMILES string of the molecule is CC(C(=O)N1CCC(Cc2ccccc2)CC1)N1CCN(S(=O)(=O)Cc2ccccc2)CC1. The molecule has 0 saturated carbocycles. The molecule has 1 unspecified atom stereocenters. The average molecular weight is 470 g/mol. The number of nitrogens with zero attached hydrogens (tertiary/aromatic N) is 3. The van der Waals surface area contributed by atoms with Crippen LogP contribution in [0, 0.1) is 5.92 Å². The normalized spacial score (nSPS) is 20.0. The summed E-state index contributed by atoms with van der Waals surface area (Å²) < 4.78 is 27.2. The van der Waals surface area contributed by atoms with E-state index in [1.807, 2.05) is 48.2 Å². The van der Waals surface area contributed by atoms with E-state index in [0.717, 1.165) is 37.9 Å². The zero-order chi connectivity index (χ0) is 23.3. The predicted molar refractivity (Wildman–Crippen MR) is 131 cm³/mol. The molecule has 1 atom stereocenters. The zero-order valence-corrected chi connectivity index (χ0v) is 20.3. The largest absolute Gasteiger partial charge is 0.341 e. The fourth-order valence-electron chi connectivity index (χ4n) is 4.97. The highest BCUT2D eigenvalue weighted by atomic mass is 32.2. The van der Waals surface area contributed by atoms with Crippen molar-refractivity contribution < 1.29 is 13.2 Å². The second-order valence-electron chi connectivity index (χ2n) is 9.31. The van der Waals surface area contributed by atoms with Gasteiger partial charge in [-0.1, -0.05) is 60.7 Å². The van der Waals surface area contributed by atoms with E-state index < -0.39 is 10.0 Å². The van der Waals surface area contributed by atoms with Crippen LogP contribution in [0.25, 0.3) is 0 Å². The second-order valence-corrected chi connectivity index (χ2v) is 11.3. The summed E-state index contributed by atoms with van der Waals surface area (Å²) in [5, 5.41) is 0. The van der Waals surface area contributed by atoms with Crippen molar-refractivity contribution in [2.24, 2.45) is 5.92 Å². The van der Waals surface area contributed by atoms with Gasteiger partial charge in [0.25, 0.3) is 0 Å². The Bertz CT molecular complexity index is 998. The van der Waals surface area contributed by atoms with Crippen LogP contribution in [0.1, 0.15) is 30.9 Å². The Labute approximate surface area is 198 Å². The van der Waals surface area contributed by atoms with Crippen LogP contribution < -0.4 is 0 Å². The summed E-state index contributed by atoms with van der Waals surface area (Å²) in [5.41, 5.74) is 2.18. The molecule has 4 rings (SSSR count). The van der Waals surface area contributed by atoms with Gasteiger partial charge in [0.05, 0.1) is 11.8 Å². The molecule has 2 fully saturated rings. The lowest BCUT2D eigenvalue weighted by molar-refractivity contribution is -0.138. The van der Waals surface area contributed by atoms with Gasteiger partial charge in [-0.05, 0) is 43.2 Å². The van der Waals surface area contributed by atoms with Crippen LogP contribution in [0.4, 0.5) is 0 Å². The minimum atomic E-state index is -3.35. The number of likely N-dealkylation sites (tertiary alicyclic amines) is 1. The van der Waals surface area contributed by atoms with Gasteiger partial charge in [-0.25, -0.2) is 8.42 Å². The van der Waals surface area contributed by atoms with Crippen molar-refractivity contribution in [1.29, 1.82) is 0 Å². The van der Waals surface area contributed by atoms with E-state index in [2.05, 4.69) is 29.2 Å². The van der Waals surface area contributed by atoms with Crippen molar-refractivity contribution in [3.8, 4) is 0 Å². The Hall–Kier alpha value is -2.22. The van der Waals surface area contributed by atoms with Crippen molar-refractivity contribution >= 4 is 15.9 Å². The molecule has 6 nitrogen and oxygen atoms in total. The van der Waals surface area contributed by atoms with Crippen LogP contribution in [-0.2, 0) is 27.0 Å². The fourth-order valence-corrected chi connectivity index (χ4v) is 6.49. The number of hydrogen-bond acceptors (Lipinski definition) is 4. The zero-order valence-electron chi connectivity index (χ0n) is 19.5. The lowest BCUT2D eigenvalue weighted by atomic mass is 9.90. The van der Waals surface area contributed by atoms with Gasteiger partial charge in [0.15, 0.2) is 0 Å². The Morgan fingerprint density at radius 3 is 1.97 bits per heavy atom. The molecule has 2 aliphatic rings. The Balaban J connectivity index is 1.24. The highest BCUT2D eigenvalue weighted by molar-refractivity contribution is 7.88. The molecule has 2 saturated heterocycles. The number of hydrogen-bond donors (Lipinski definition) is 0. The first-order valence-electron chi connectivity index (χ1n) is 12.0. The quantitative estimate of drug-likeness (QED) is 0.626. The molecule has 0 spiro atoms. The van der Waals surface area contributed by atoms with E-state index in [1.54, 1.807) is 4.31 Å². The maximum absolute atomic E-state index is 13.1. The van der Waals surface area contributed by atoms with Crippen LogP contribution in [0.5, 0.6) is 0 Å². The topological polar surface area (TPSA) is 60.9 Å². The van der Waals surface area contributed by atoms with Gasteiger partial charge < -0.3 is 4.90 Å². The Kier molecular flexibility index (Phi) is 7.83. The monoisotopic (exact) mass is 469 g/mol. The second kappa shape index (κ2) is 10.8. The fraction of sp³-hybridized carbons (Fsp3) is 0.500. The third-order valence-electron chi connectivity index (χ3n) is 7.06. The minimum absolute atomic E-state index is 0.0280. The lowest BCUT2D eigenvalue weighted by Crippen LogP contribution is -2.56. The molecule has 0 aliphatic carbocycles. The van der Waals surface area contributed by atoms with Crippen LogP contribution in [-0.4, -0.2) is 73.7 Å². The number of piperazine rings is 1. The Morgan fingerprint density at radius 2 is 1.39 bits per heavy atom. The molecular weight excluding hydrogens is 434 g/mol. The molecule has 0 N–H and O–H groups in total. The van der Waals surface area contributed by atoms with Gasteiger partial charge in [-0.15, -0.1) is 0 Å². The number of amides is 1. The van der Waals surface area contributed by atoms with Gasteiger partial charge >= 0.3 is 0 Å². The van der Waals surface area contributed by atoms with Crippen LogP contribution >= 0.6 is 0 Å². The summed E-state index contributed by atoms with van der Waals surface area (Å²) >= 11 is 0. The molecule has 2 aromatic carbocycles. The summed E-state index contributed by atoms with van der Waals surface area (Å²) in [4.78, 5) is 17.3. The van der Waals surface area contributed by atoms with Gasteiger partial charge in [-0.3, -0.25) is 9.69 Å². The molecule has 178 valence electrons. The molecule has 2 aromatic rings. The van der Waals surface area contributed by atoms with E-state index in [1.165, 1.54) is 5.56 Å². The molecular formula is C26H35N3O3S. The van der Waals surface area contributed by atoms with Crippen LogP contribution in [0.15, 0.2) is 60.7 Å². The highest BCUT2D eigenvalue weighted by Crippen LogP contribution is 2.23. The molecule has 0 radical (unpaired) electrons. The van der Waals surface area contributed by atoms with E-state index >= 15 is 0 Å². The van der Waals surface area contributed by atoms with Gasteiger partial charge in [0, 0.05) is 39.3 Å². The van der Waals surface area contributed by atoms with Crippen molar-refractivity contribution in [2.45, 2.75) is 38.0 Å². The van der Waals surface area contributed by atoms with E-state index in [0.29, 0.717) is 32.1 Å². The average Bonchev–Trinajstić information content (AvgIpc) is 2.85. The summed E-state index contributed by atoms with van der Waals surface area (Å²) in [6.45, 7) is 5.64. The van der Waals surface area contributed by atoms with Crippen molar-refractivity contribution in [2.75, 3.05) is 39.3 Å². The molecule has 0 bridgehead atoms. The predicted octanol–water partition coefficient (Wildman–Crippen LogP) is 3.00. The van der Waals surface area contributed by atoms with Crippen LogP contribution in [0.3, 0.4) is 0 Å². The van der Waals surface area contributed by atoms with Crippen molar-refractivity contribution in [3.05, 3.63) is 71.8 Å². The third-order valence-corrected chi connectivity index (χ3v) is 8.91. The molecule has 2 aliphatic heterocycles. The van der Waals surface area contributed by atoms with E-state index in [4.69, 9.17) is 0 Å². The number of carbonyl (C=O) groups excluding carboxylic acids is 1. The molecule has 33 heavy (non-hydrogen) atoms. The minimum Gasteiger partial charge on any atom is -0.341 e. The lowest BCUT2D eigenvalue weighted by Gasteiger charge is -2.40. The van der Waals surface area contributed by atoms with E-state index in [-0.39, 0.29) is 17.7 Å². The third kappa shape index (κ3) is 6.22. The van der Waals surface area contributed by atoms with E-state index in [9.17, 15) is 13.2 Å². The smallest absolute Gasteiger partial charge is 0.239 e. The highest BCUT2D eigenvalue weighted by Gasteiger charge is 2.33. The number of piperidine rings is 1. The molecule has 2 heterocycles. The first kappa shape index (κ1) is 23.9. The maximum atomic E-state index is 13.1. The first-order chi connectivity index (χ1) is 15.9. The standard InChI is InChI=1S/C26H35N3O3S/c1-22(26(30)28-14-12-24(13-15-28)20-23-8-4-2-5-9-23)27-16-18-29(19-17-27)33(31,32)21-25-10-6-3-7-11-25/h2-11,22,24H,12-21H2,1H3. The molecule has 1 amide bonds.